The highest BCUT2D eigenvalue weighted by molar-refractivity contribution is 8.93. The molecule has 0 bridgehead atoms. The quantitative estimate of drug-likeness (QED) is 0.625. The first-order valence-electron chi connectivity index (χ1n) is 2.26. The van der Waals surface area contributed by atoms with E-state index < -0.39 is 0 Å². The van der Waals surface area contributed by atoms with Gasteiger partial charge in [0.15, 0.2) is 0 Å². The Kier molecular flexibility index (Phi) is 3.26. The van der Waals surface area contributed by atoms with Crippen molar-refractivity contribution in [3.63, 3.8) is 0 Å². The van der Waals surface area contributed by atoms with Gasteiger partial charge < -0.3 is 10.9 Å². The molecular formula is C4H8BrN3O. The smallest absolute Gasteiger partial charge is 0.0709 e. The summed E-state index contributed by atoms with van der Waals surface area (Å²) in [5.74, 6) is 0. The normalized spacial score (nSPS) is 8.56. The zero-order valence-corrected chi connectivity index (χ0v) is 6.40. The van der Waals surface area contributed by atoms with Crippen LogP contribution in [0.2, 0.25) is 0 Å². The van der Waals surface area contributed by atoms with Gasteiger partial charge in [-0.15, -0.1) is 26.9 Å². The first-order valence-corrected chi connectivity index (χ1v) is 2.26. The summed E-state index contributed by atoms with van der Waals surface area (Å²) in [7, 11) is 0. The van der Waals surface area contributed by atoms with Crippen LogP contribution in [0.3, 0.4) is 0 Å². The van der Waals surface area contributed by atoms with Crippen LogP contribution >= 0.6 is 17.0 Å². The number of aromatic nitrogens is 2. The lowest BCUT2D eigenvalue weighted by Gasteiger charge is -1.81. The molecule has 0 unspecified atom stereocenters. The van der Waals surface area contributed by atoms with E-state index in [9.17, 15) is 0 Å². The van der Waals surface area contributed by atoms with Gasteiger partial charge in [-0.1, -0.05) is 0 Å². The zero-order valence-electron chi connectivity index (χ0n) is 4.69. The topological polar surface area (TPSA) is 64.1 Å². The third-order valence-electron chi connectivity index (χ3n) is 0.859. The van der Waals surface area contributed by atoms with Crippen LogP contribution in [0.4, 0.5) is 0 Å². The number of rotatable bonds is 1. The Morgan fingerprint density at radius 3 is 2.67 bits per heavy atom. The summed E-state index contributed by atoms with van der Waals surface area (Å²) in [6.07, 6.45) is 2.97. The highest BCUT2D eigenvalue weighted by Crippen LogP contribution is 1.90. The molecule has 0 fully saturated rings. The molecule has 1 aromatic heterocycles. The monoisotopic (exact) mass is 193 g/mol. The predicted octanol–water partition coefficient (Wildman–Crippen LogP) is 0.157. The van der Waals surface area contributed by atoms with Crippen LogP contribution in [0.15, 0.2) is 12.4 Å². The molecule has 3 N–H and O–H groups in total. The fourth-order valence-corrected chi connectivity index (χ4v) is 0.454. The lowest BCUT2D eigenvalue weighted by molar-refractivity contribution is 0.148. The SMILES string of the molecule is Br.NCc1cnn(O)c1. The summed E-state index contributed by atoms with van der Waals surface area (Å²) in [6.45, 7) is 0.417. The number of halogens is 1. The zero-order chi connectivity index (χ0) is 5.98. The minimum Gasteiger partial charge on any atom is -0.412 e. The minimum absolute atomic E-state index is 0. The average molecular weight is 194 g/mol. The highest BCUT2D eigenvalue weighted by Gasteiger charge is 1.89. The third-order valence-corrected chi connectivity index (χ3v) is 0.859. The minimum atomic E-state index is 0. The molecular weight excluding hydrogens is 186 g/mol. The summed E-state index contributed by atoms with van der Waals surface area (Å²) >= 11 is 0. The molecule has 0 aliphatic rings. The Hall–Kier alpha value is -0.550. The summed E-state index contributed by atoms with van der Waals surface area (Å²) in [4.78, 5) is 0.738. The van der Waals surface area contributed by atoms with Gasteiger partial charge in [-0.25, -0.2) is 0 Å². The van der Waals surface area contributed by atoms with Crippen molar-refractivity contribution in [2.24, 2.45) is 5.73 Å². The van der Waals surface area contributed by atoms with E-state index in [0.717, 1.165) is 10.4 Å². The van der Waals surface area contributed by atoms with Crippen molar-refractivity contribution in [2.75, 3.05) is 0 Å². The van der Waals surface area contributed by atoms with Crippen molar-refractivity contribution in [2.45, 2.75) is 6.54 Å². The van der Waals surface area contributed by atoms with Gasteiger partial charge in [0.2, 0.25) is 0 Å². The molecule has 4 nitrogen and oxygen atoms in total. The second-order valence-corrected chi connectivity index (χ2v) is 1.47. The Morgan fingerprint density at radius 2 is 2.44 bits per heavy atom. The van der Waals surface area contributed by atoms with E-state index in [2.05, 4.69) is 5.10 Å². The first kappa shape index (κ1) is 8.45. The number of hydrogen-bond donors (Lipinski definition) is 2. The molecule has 1 rings (SSSR count). The lowest BCUT2D eigenvalue weighted by atomic mass is 10.4. The summed E-state index contributed by atoms with van der Waals surface area (Å²) in [6, 6.07) is 0. The molecule has 1 heterocycles. The Morgan fingerprint density at radius 1 is 1.78 bits per heavy atom. The lowest BCUT2D eigenvalue weighted by Crippen LogP contribution is -1.93. The van der Waals surface area contributed by atoms with Crippen LogP contribution in [-0.4, -0.2) is 15.2 Å². The molecule has 9 heavy (non-hydrogen) atoms. The molecule has 0 aliphatic carbocycles. The van der Waals surface area contributed by atoms with Crippen LogP contribution in [0.5, 0.6) is 0 Å². The first-order chi connectivity index (χ1) is 3.83. The average Bonchev–Trinajstić information content (AvgIpc) is 2.14. The van der Waals surface area contributed by atoms with Gasteiger partial charge in [-0.3, -0.25) is 0 Å². The van der Waals surface area contributed by atoms with Crippen LogP contribution in [0.25, 0.3) is 0 Å². The maximum Gasteiger partial charge on any atom is 0.0709 e. The Bertz CT molecular complexity index is 176. The van der Waals surface area contributed by atoms with Crippen molar-refractivity contribution in [3.8, 4) is 0 Å². The molecule has 52 valence electrons. The van der Waals surface area contributed by atoms with Gasteiger partial charge in [0.25, 0.3) is 0 Å². The fraction of sp³-hybridized carbons (Fsp3) is 0.250. The van der Waals surface area contributed by atoms with E-state index in [4.69, 9.17) is 10.9 Å². The van der Waals surface area contributed by atoms with Gasteiger partial charge >= 0.3 is 0 Å². The van der Waals surface area contributed by atoms with E-state index >= 15 is 0 Å². The largest absolute Gasteiger partial charge is 0.412 e. The third kappa shape index (κ3) is 2.03. The number of hydrogen-bond acceptors (Lipinski definition) is 3. The van der Waals surface area contributed by atoms with Crippen LogP contribution < -0.4 is 5.73 Å². The molecule has 1 aromatic rings. The van der Waals surface area contributed by atoms with Crippen LogP contribution in [0.1, 0.15) is 5.56 Å². The van der Waals surface area contributed by atoms with Crippen LogP contribution in [-0.2, 0) is 6.54 Å². The molecule has 0 radical (unpaired) electrons. The van der Waals surface area contributed by atoms with E-state index in [1.54, 1.807) is 0 Å². The van der Waals surface area contributed by atoms with Crippen molar-refractivity contribution in [3.05, 3.63) is 18.0 Å². The van der Waals surface area contributed by atoms with E-state index in [1.165, 1.54) is 12.4 Å². The predicted molar refractivity (Wildman–Crippen MR) is 37.6 cm³/mol. The van der Waals surface area contributed by atoms with E-state index in [1.807, 2.05) is 0 Å². The van der Waals surface area contributed by atoms with Crippen molar-refractivity contribution in [1.82, 2.24) is 9.94 Å². The number of nitrogens with two attached hydrogens (primary N) is 1. The number of nitrogens with zero attached hydrogens (tertiary/aromatic N) is 2. The maximum absolute atomic E-state index is 8.53. The van der Waals surface area contributed by atoms with E-state index in [-0.39, 0.29) is 17.0 Å². The van der Waals surface area contributed by atoms with Crippen molar-refractivity contribution >= 4 is 17.0 Å². The molecule has 0 aromatic carbocycles. The molecule has 0 atom stereocenters. The highest BCUT2D eigenvalue weighted by atomic mass is 79.9. The van der Waals surface area contributed by atoms with Gasteiger partial charge in [-0.05, 0) is 0 Å². The second-order valence-electron chi connectivity index (χ2n) is 1.47. The van der Waals surface area contributed by atoms with Gasteiger partial charge in [0.1, 0.15) is 0 Å². The second kappa shape index (κ2) is 3.47. The summed E-state index contributed by atoms with van der Waals surface area (Å²) < 4.78 is 0. The molecule has 0 spiro atoms. The van der Waals surface area contributed by atoms with Crippen molar-refractivity contribution in [1.29, 1.82) is 0 Å². The molecule has 0 saturated heterocycles. The molecule has 0 aliphatic heterocycles. The van der Waals surface area contributed by atoms with Crippen molar-refractivity contribution < 1.29 is 5.21 Å². The summed E-state index contributed by atoms with van der Waals surface area (Å²) in [5.41, 5.74) is 6.03. The maximum atomic E-state index is 8.53. The van der Waals surface area contributed by atoms with Gasteiger partial charge in [-0.2, -0.15) is 0 Å². The van der Waals surface area contributed by atoms with Crippen LogP contribution in [0, 0.1) is 0 Å². The van der Waals surface area contributed by atoms with Gasteiger partial charge in [0, 0.05) is 12.1 Å². The summed E-state index contributed by atoms with van der Waals surface area (Å²) in [5, 5.41) is 12.0. The molecule has 0 saturated carbocycles. The van der Waals surface area contributed by atoms with Gasteiger partial charge in [0.05, 0.1) is 12.4 Å². The van der Waals surface area contributed by atoms with E-state index in [0.29, 0.717) is 6.54 Å². The fourth-order valence-electron chi connectivity index (χ4n) is 0.454. The molecule has 5 heteroatoms. The Balaban J connectivity index is 0.000000640. The standard InChI is InChI=1S/C4H7N3O.BrH/c5-1-4-2-6-7(8)3-4;/h2-3,8H,1,5H2;1H. The molecule has 0 amide bonds. The Labute approximate surface area is 63.0 Å².